The van der Waals surface area contributed by atoms with Gasteiger partial charge < -0.3 is 14.9 Å². The molecule has 3 aromatic rings. The number of aliphatic hydroxyl groups is 1. The number of piperidine rings is 1. The van der Waals surface area contributed by atoms with Gasteiger partial charge in [-0.2, -0.15) is 5.10 Å². The topological polar surface area (TPSA) is 64.3 Å². The van der Waals surface area contributed by atoms with Crippen molar-refractivity contribution in [1.82, 2.24) is 19.4 Å². The number of rotatable bonds is 5. The number of β-amino-alcohol motifs (C(OH)–C–C–N with tert-alkyl or cyclic N) is 1. The van der Waals surface area contributed by atoms with E-state index in [1.807, 2.05) is 15.6 Å². The van der Waals surface area contributed by atoms with E-state index in [1.165, 1.54) is 0 Å². The first kappa shape index (κ1) is 23.5. The van der Waals surface area contributed by atoms with Crippen LogP contribution in [0.1, 0.15) is 45.1 Å². The Labute approximate surface area is 213 Å². The number of piperazine rings is 1. The predicted molar refractivity (Wildman–Crippen MR) is 142 cm³/mol. The second kappa shape index (κ2) is 9.20. The van der Waals surface area contributed by atoms with Crippen molar-refractivity contribution in [2.45, 2.75) is 51.2 Å². The molecule has 1 aromatic carbocycles. The van der Waals surface area contributed by atoms with Crippen LogP contribution in [0.15, 0.2) is 48.8 Å². The zero-order valence-electron chi connectivity index (χ0n) is 21.4. The van der Waals surface area contributed by atoms with Crippen molar-refractivity contribution in [3.8, 4) is 11.1 Å². The highest BCUT2D eigenvalue weighted by atomic mass is 16.3. The Balaban J connectivity index is 1.20. The van der Waals surface area contributed by atoms with Gasteiger partial charge in [0.05, 0.1) is 11.2 Å². The maximum absolute atomic E-state index is 12.4. The zero-order chi connectivity index (χ0) is 24.9. The molecule has 7 heteroatoms. The standard InChI is InChI=1S/C29H37N5O2/c1-21(2)33-13-3-11-29(36,20-33)25-8-6-22(7-9-25)24-18-27-26(10-12-30-34(27)19-24)31-14-16-32(17-15-31)28(35)23-4-5-23/h6-10,12,18-19,21,23,36H,3-5,11,13-17,20H2,1-2H3/t29-/m1/s1. The third-order valence-corrected chi connectivity index (χ3v) is 8.33. The second-order valence-electron chi connectivity index (χ2n) is 11.1. The molecule has 190 valence electrons. The molecule has 3 fully saturated rings. The normalized spacial score (nSPS) is 23.6. The lowest BCUT2D eigenvalue weighted by atomic mass is 9.84. The molecule has 0 spiro atoms. The minimum absolute atomic E-state index is 0.289. The highest BCUT2D eigenvalue weighted by Crippen LogP contribution is 2.35. The van der Waals surface area contributed by atoms with Crippen LogP contribution in [0.25, 0.3) is 16.6 Å². The van der Waals surface area contributed by atoms with Crippen LogP contribution in [0.5, 0.6) is 0 Å². The quantitative estimate of drug-likeness (QED) is 0.594. The minimum atomic E-state index is -0.787. The van der Waals surface area contributed by atoms with Gasteiger partial charge >= 0.3 is 0 Å². The summed E-state index contributed by atoms with van der Waals surface area (Å²) >= 11 is 0. The molecular formula is C29H37N5O2. The number of nitrogens with zero attached hydrogens (tertiary/aromatic N) is 5. The van der Waals surface area contributed by atoms with Crippen LogP contribution in [-0.2, 0) is 10.4 Å². The molecule has 1 N–H and O–H groups in total. The largest absolute Gasteiger partial charge is 0.384 e. The summed E-state index contributed by atoms with van der Waals surface area (Å²) in [4.78, 5) is 19.2. The number of hydrogen-bond acceptors (Lipinski definition) is 5. The third kappa shape index (κ3) is 4.39. The van der Waals surface area contributed by atoms with Crippen molar-refractivity contribution in [2.75, 3.05) is 44.2 Å². The number of amides is 1. The zero-order valence-corrected chi connectivity index (χ0v) is 21.4. The van der Waals surface area contributed by atoms with Gasteiger partial charge in [-0.15, -0.1) is 0 Å². The first-order valence-electron chi connectivity index (χ1n) is 13.5. The number of benzene rings is 1. The van der Waals surface area contributed by atoms with E-state index in [1.54, 1.807) is 0 Å². The number of fused-ring (bicyclic) bond motifs is 1. The molecule has 1 atom stereocenters. The lowest BCUT2D eigenvalue weighted by Gasteiger charge is -2.41. The molecule has 36 heavy (non-hydrogen) atoms. The Kier molecular flexibility index (Phi) is 6.00. The highest BCUT2D eigenvalue weighted by molar-refractivity contribution is 5.82. The van der Waals surface area contributed by atoms with Crippen LogP contribution in [0.4, 0.5) is 5.69 Å². The molecule has 2 aliphatic heterocycles. The Morgan fingerprint density at radius 3 is 2.47 bits per heavy atom. The van der Waals surface area contributed by atoms with E-state index >= 15 is 0 Å². The van der Waals surface area contributed by atoms with Gasteiger partial charge in [-0.25, -0.2) is 4.52 Å². The molecule has 1 amide bonds. The van der Waals surface area contributed by atoms with Gasteiger partial charge in [0, 0.05) is 62.6 Å². The van der Waals surface area contributed by atoms with E-state index in [9.17, 15) is 9.90 Å². The molecule has 1 aliphatic carbocycles. The highest BCUT2D eigenvalue weighted by Gasteiger charge is 2.36. The molecule has 2 aromatic heterocycles. The van der Waals surface area contributed by atoms with Crippen LogP contribution >= 0.6 is 0 Å². The molecule has 3 aliphatic rings. The van der Waals surface area contributed by atoms with Gasteiger partial charge in [-0.05, 0) is 69.3 Å². The van der Waals surface area contributed by atoms with Crippen molar-refractivity contribution in [3.05, 3.63) is 54.4 Å². The van der Waals surface area contributed by atoms with E-state index in [4.69, 9.17) is 0 Å². The number of hydrogen-bond donors (Lipinski definition) is 1. The molecule has 6 rings (SSSR count). The SMILES string of the molecule is CC(C)N1CCC[C@](O)(c2ccc(-c3cc4c(N5CCN(C(=O)C6CC6)CC5)ccnn4c3)cc2)C1. The Bertz CT molecular complexity index is 1240. The molecule has 0 unspecified atom stereocenters. The molecule has 7 nitrogen and oxygen atoms in total. The minimum Gasteiger partial charge on any atom is -0.384 e. The molecule has 1 saturated carbocycles. The summed E-state index contributed by atoms with van der Waals surface area (Å²) in [5, 5.41) is 16.0. The van der Waals surface area contributed by atoms with Crippen molar-refractivity contribution in [3.63, 3.8) is 0 Å². The lowest BCUT2D eigenvalue weighted by Crippen LogP contribution is -2.49. The van der Waals surface area contributed by atoms with Crippen LogP contribution in [0.3, 0.4) is 0 Å². The molecule has 0 radical (unpaired) electrons. The van der Waals surface area contributed by atoms with Gasteiger partial charge in [0.1, 0.15) is 5.60 Å². The number of carbonyl (C=O) groups excluding carboxylic acids is 1. The van der Waals surface area contributed by atoms with E-state index in [0.717, 1.165) is 86.3 Å². The summed E-state index contributed by atoms with van der Waals surface area (Å²) in [7, 11) is 0. The van der Waals surface area contributed by atoms with E-state index in [2.05, 4.69) is 71.3 Å². The maximum atomic E-state index is 12.4. The Morgan fingerprint density at radius 2 is 1.78 bits per heavy atom. The summed E-state index contributed by atoms with van der Waals surface area (Å²) < 4.78 is 1.95. The van der Waals surface area contributed by atoms with Crippen molar-refractivity contribution in [2.24, 2.45) is 5.92 Å². The fourth-order valence-corrected chi connectivity index (χ4v) is 5.90. The van der Waals surface area contributed by atoms with Gasteiger partial charge in [0.25, 0.3) is 0 Å². The fourth-order valence-electron chi connectivity index (χ4n) is 5.90. The average molecular weight is 488 g/mol. The van der Waals surface area contributed by atoms with Crippen LogP contribution in [0, 0.1) is 5.92 Å². The second-order valence-corrected chi connectivity index (χ2v) is 11.1. The van der Waals surface area contributed by atoms with Crippen molar-refractivity contribution >= 4 is 17.1 Å². The van der Waals surface area contributed by atoms with Gasteiger partial charge in [-0.3, -0.25) is 9.69 Å². The van der Waals surface area contributed by atoms with Gasteiger partial charge in [0.2, 0.25) is 5.91 Å². The predicted octanol–water partition coefficient (Wildman–Crippen LogP) is 3.75. The summed E-state index contributed by atoms with van der Waals surface area (Å²) in [6.45, 7) is 9.40. The summed E-state index contributed by atoms with van der Waals surface area (Å²) in [5.41, 5.74) is 4.69. The number of likely N-dealkylation sites (tertiary alicyclic amines) is 1. The van der Waals surface area contributed by atoms with E-state index in [-0.39, 0.29) is 5.92 Å². The molecule has 0 bridgehead atoms. The number of aromatic nitrogens is 2. The number of anilines is 1. The fraction of sp³-hybridized carbons (Fsp3) is 0.517. The summed E-state index contributed by atoms with van der Waals surface area (Å²) in [6.07, 6.45) is 7.88. The first-order chi connectivity index (χ1) is 17.4. The lowest BCUT2D eigenvalue weighted by molar-refractivity contribution is -0.132. The first-order valence-corrected chi connectivity index (χ1v) is 13.5. The van der Waals surface area contributed by atoms with Gasteiger partial charge in [0.15, 0.2) is 0 Å². The van der Waals surface area contributed by atoms with Crippen LogP contribution in [-0.4, -0.2) is 75.7 Å². The number of carbonyl (C=O) groups is 1. The Morgan fingerprint density at radius 1 is 1.03 bits per heavy atom. The monoisotopic (exact) mass is 487 g/mol. The molecular weight excluding hydrogens is 450 g/mol. The van der Waals surface area contributed by atoms with E-state index < -0.39 is 5.60 Å². The van der Waals surface area contributed by atoms with Crippen LogP contribution in [0.2, 0.25) is 0 Å². The van der Waals surface area contributed by atoms with Crippen molar-refractivity contribution < 1.29 is 9.90 Å². The van der Waals surface area contributed by atoms with E-state index in [0.29, 0.717) is 18.5 Å². The average Bonchev–Trinajstić information content (AvgIpc) is 3.66. The van der Waals surface area contributed by atoms with Crippen LogP contribution < -0.4 is 4.90 Å². The maximum Gasteiger partial charge on any atom is 0.225 e. The van der Waals surface area contributed by atoms with Gasteiger partial charge in [-0.1, -0.05) is 24.3 Å². The molecule has 2 saturated heterocycles. The summed E-state index contributed by atoms with van der Waals surface area (Å²) in [5.74, 6) is 0.634. The molecule has 4 heterocycles. The Hall–Kier alpha value is -2.90. The summed E-state index contributed by atoms with van der Waals surface area (Å²) in [6, 6.07) is 13.1. The smallest absolute Gasteiger partial charge is 0.225 e. The van der Waals surface area contributed by atoms with Crippen molar-refractivity contribution in [1.29, 1.82) is 0 Å². The third-order valence-electron chi connectivity index (χ3n) is 8.33.